The molecule has 0 saturated carbocycles. The van der Waals surface area contributed by atoms with Crippen molar-refractivity contribution in [2.75, 3.05) is 18.6 Å². The lowest BCUT2D eigenvalue weighted by Crippen LogP contribution is -2.29. The number of unbranched alkanes of at least 4 members (excludes halogenated alkanes) is 2. The van der Waals surface area contributed by atoms with Gasteiger partial charge in [-0.1, -0.05) is 101 Å². The molecule has 2 heterocycles. The SMILES string of the molecule is CCCCCOc1ccc(C2/C(=C(/O)c3ccc(Br)cc3)C(=O)C(=O)N2c2nnc(SCc3ccc(Cl)cc3)s2)cc1OC. The predicted molar refractivity (Wildman–Crippen MR) is 178 cm³/mol. The van der Waals surface area contributed by atoms with E-state index >= 15 is 0 Å². The van der Waals surface area contributed by atoms with Gasteiger partial charge in [0, 0.05) is 20.8 Å². The van der Waals surface area contributed by atoms with Crippen LogP contribution in [0.4, 0.5) is 5.13 Å². The van der Waals surface area contributed by atoms with Crippen molar-refractivity contribution in [1.82, 2.24) is 10.2 Å². The Labute approximate surface area is 277 Å². The number of hydrogen-bond donors (Lipinski definition) is 1. The van der Waals surface area contributed by atoms with Crippen molar-refractivity contribution in [1.29, 1.82) is 0 Å². The molecule has 1 N–H and O–H groups in total. The Morgan fingerprint density at radius 2 is 1.80 bits per heavy atom. The number of Topliss-reactive ketones (excluding diaryl/α,β-unsaturated/α-hetero) is 1. The Morgan fingerprint density at radius 3 is 2.50 bits per heavy atom. The highest BCUT2D eigenvalue weighted by Crippen LogP contribution is 2.45. The lowest BCUT2D eigenvalue weighted by molar-refractivity contribution is -0.132. The molecule has 228 valence electrons. The van der Waals surface area contributed by atoms with Crippen LogP contribution in [0.25, 0.3) is 5.76 Å². The predicted octanol–water partition coefficient (Wildman–Crippen LogP) is 8.45. The molecule has 1 saturated heterocycles. The van der Waals surface area contributed by atoms with Crippen LogP contribution in [0.1, 0.15) is 48.9 Å². The number of carbonyl (C=O) groups excluding carboxylic acids is 2. The number of thioether (sulfide) groups is 1. The monoisotopic (exact) mass is 713 g/mol. The van der Waals surface area contributed by atoms with Crippen LogP contribution in [0.2, 0.25) is 5.02 Å². The average molecular weight is 715 g/mol. The number of amides is 1. The molecule has 12 heteroatoms. The zero-order chi connectivity index (χ0) is 31.2. The number of ketones is 1. The second kappa shape index (κ2) is 14.6. The standard InChI is InChI=1S/C32H29BrClN3O5S2/c1-3-4-5-16-42-24-15-10-21(17-25(24)41-2)27-26(28(38)20-8-11-22(33)12-9-20)29(39)30(40)37(27)31-35-36-32(44-31)43-18-19-6-13-23(34)14-7-19/h6-15,17,27,38H,3-5,16,18H2,1-2H3/b28-26-. The van der Waals surface area contributed by atoms with E-state index in [1.165, 1.54) is 35.1 Å². The van der Waals surface area contributed by atoms with E-state index in [0.29, 0.717) is 44.3 Å². The van der Waals surface area contributed by atoms with Gasteiger partial charge in [-0.05, 0) is 53.9 Å². The molecule has 1 aliphatic rings. The number of aromatic nitrogens is 2. The average Bonchev–Trinajstić information content (AvgIpc) is 3.60. The Bertz CT molecular complexity index is 1680. The molecule has 8 nitrogen and oxygen atoms in total. The minimum absolute atomic E-state index is 0.0541. The van der Waals surface area contributed by atoms with Gasteiger partial charge in [-0.15, -0.1) is 10.2 Å². The molecule has 0 spiro atoms. The molecular formula is C32H29BrClN3O5S2. The van der Waals surface area contributed by atoms with Crippen LogP contribution >= 0.6 is 50.6 Å². The number of hydrogen-bond acceptors (Lipinski definition) is 9. The van der Waals surface area contributed by atoms with Crippen molar-refractivity contribution < 1.29 is 24.2 Å². The summed E-state index contributed by atoms with van der Waals surface area (Å²) in [7, 11) is 1.53. The maximum absolute atomic E-state index is 13.6. The Morgan fingerprint density at radius 1 is 1.05 bits per heavy atom. The number of methoxy groups -OCH3 is 1. The van der Waals surface area contributed by atoms with Gasteiger partial charge in [0.1, 0.15) is 5.76 Å². The number of carbonyl (C=O) groups is 2. The minimum Gasteiger partial charge on any atom is -0.507 e. The highest BCUT2D eigenvalue weighted by molar-refractivity contribution is 9.10. The molecule has 1 aromatic heterocycles. The smallest absolute Gasteiger partial charge is 0.301 e. The normalized spacial score (nSPS) is 16.0. The fourth-order valence-corrected chi connectivity index (χ4v) is 6.91. The van der Waals surface area contributed by atoms with Crippen LogP contribution in [0.15, 0.2) is 81.1 Å². The fourth-order valence-electron chi connectivity index (χ4n) is 4.70. The van der Waals surface area contributed by atoms with Gasteiger partial charge in [0.25, 0.3) is 5.78 Å². The summed E-state index contributed by atoms with van der Waals surface area (Å²) in [4.78, 5) is 28.5. The van der Waals surface area contributed by atoms with Gasteiger partial charge >= 0.3 is 5.91 Å². The third-order valence-electron chi connectivity index (χ3n) is 6.95. The van der Waals surface area contributed by atoms with E-state index in [1.807, 2.05) is 24.3 Å². The van der Waals surface area contributed by atoms with Crippen LogP contribution in [-0.2, 0) is 15.3 Å². The first kappa shape index (κ1) is 32.0. The minimum atomic E-state index is -0.983. The molecule has 1 aliphatic heterocycles. The second-order valence-electron chi connectivity index (χ2n) is 9.91. The number of nitrogens with zero attached hydrogens (tertiary/aromatic N) is 3. The summed E-state index contributed by atoms with van der Waals surface area (Å²) in [5, 5.41) is 20.9. The van der Waals surface area contributed by atoms with Gasteiger partial charge in [0.05, 0.1) is 25.3 Å². The Kier molecular flexibility index (Phi) is 10.6. The molecule has 1 amide bonds. The molecule has 0 aliphatic carbocycles. The lowest BCUT2D eigenvalue weighted by Gasteiger charge is -2.23. The number of aliphatic hydroxyl groups excluding tert-OH is 1. The van der Waals surface area contributed by atoms with Crippen LogP contribution in [-0.4, -0.2) is 40.7 Å². The van der Waals surface area contributed by atoms with E-state index in [-0.39, 0.29) is 16.5 Å². The van der Waals surface area contributed by atoms with E-state index in [2.05, 4.69) is 33.1 Å². The summed E-state index contributed by atoms with van der Waals surface area (Å²) in [6.07, 6.45) is 3.03. The molecule has 4 aromatic rings. The molecule has 5 rings (SSSR count). The van der Waals surface area contributed by atoms with Gasteiger partial charge < -0.3 is 14.6 Å². The van der Waals surface area contributed by atoms with Gasteiger partial charge in [0.15, 0.2) is 15.8 Å². The number of benzene rings is 3. The van der Waals surface area contributed by atoms with Gasteiger partial charge in [0.2, 0.25) is 5.13 Å². The molecule has 0 radical (unpaired) electrons. The van der Waals surface area contributed by atoms with Crippen molar-refractivity contribution in [3.8, 4) is 11.5 Å². The van der Waals surface area contributed by atoms with E-state index in [1.54, 1.807) is 42.5 Å². The fraction of sp³-hybridized carbons (Fsp3) is 0.250. The van der Waals surface area contributed by atoms with Crippen molar-refractivity contribution in [2.24, 2.45) is 0 Å². The maximum atomic E-state index is 13.6. The van der Waals surface area contributed by atoms with Crippen LogP contribution < -0.4 is 14.4 Å². The number of aliphatic hydroxyl groups is 1. The molecule has 1 unspecified atom stereocenters. The van der Waals surface area contributed by atoms with Crippen LogP contribution in [0.5, 0.6) is 11.5 Å². The summed E-state index contributed by atoms with van der Waals surface area (Å²) in [6.45, 7) is 2.66. The molecule has 1 atom stereocenters. The van der Waals surface area contributed by atoms with Gasteiger partial charge in [-0.3, -0.25) is 14.5 Å². The van der Waals surface area contributed by atoms with Gasteiger partial charge in [-0.25, -0.2) is 0 Å². The van der Waals surface area contributed by atoms with Crippen molar-refractivity contribution in [2.45, 2.75) is 42.3 Å². The number of ether oxygens (including phenoxy) is 2. The summed E-state index contributed by atoms with van der Waals surface area (Å²) >= 11 is 12.1. The molecule has 44 heavy (non-hydrogen) atoms. The van der Waals surface area contributed by atoms with E-state index in [9.17, 15) is 14.7 Å². The van der Waals surface area contributed by atoms with E-state index in [0.717, 1.165) is 29.3 Å². The molecule has 3 aromatic carbocycles. The molecule has 1 fully saturated rings. The van der Waals surface area contributed by atoms with Crippen molar-refractivity contribution >= 4 is 73.2 Å². The maximum Gasteiger partial charge on any atom is 0.301 e. The number of anilines is 1. The third kappa shape index (κ3) is 7.12. The Hall–Kier alpha value is -3.38. The summed E-state index contributed by atoms with van der Waals surface area (Å²) < 4.78 is 13.0. The quantitative estimate of drug-likeness (QED) is 0.0390. The first-order valence-electron chi connectivity index (χ1n) is 13.9. The lowest BCUT2D eigenvalue weighted by atomic mass is 9.95. The van der Waals surface area contributed by atoms with Crippen molar-refractivity contribution in [3.63, 3.8) is 0 Å². The zero-order valence-electron chi connectivity index (χ0n) is 24.0. The summed E-state index contributed by atoms with van der Waals surface area (Å²) in [6, 6.07) is 18.6. The summed E-state index contributed by atoms with van der Waals surface area (Å²) in [5.74, 6) is -0.297. The van der Waals surface area contributed by atoms with E-state index < -0.39 is 17.7 Å². The van der Waals surface area contributed by atoms with Crippen molar-refractivity contribution in [3.05, 3.63) is 98.5 Å². The highest BCUT2D eigenvalue weighted by Gasteiger charge is 2.48. The van der Waals surface area contributed by atoms with Gasteiger partial charge in [-0.2, -0.15) is 0 Å². The summed E-state index contributed by atoms with van der Waals surface area (Å²) in [5.41, 5.74) is 1.94. The molecular weight excluding hydrogens is 686 g/mol. The van der Waals surface area contributed by atoms with E-state index in [4.69, 9.17) is 21.1 Å². The largest absolute Gasteiger partial charge is 0.507 e. The first-order valence-corrected chi connectivity index (χ1v) is 16.9. The zero-order valence-corrected chi connectivity index (χ0v) is 27.9. The second-order valence-corrected chi connectivity index (χ2v) is 13.4. The van der Waals surface area contributed by atoms with Crippen LogP contribution in [0.3, 0.4) is 0 Å². The number of halogens is 2. The first-order chi connectivity index (χ1) is 21.3. The topological polar surface area (TPSA) is 102 Å². The third-order valence-corrected chi connectivity index (χ3v) is 9.86. The highest BCUT2D eigenvalue weighted by atomic mass is 79.9. The van der Waals surface area contributed by atoms with Crippen LogP contribution in [0, 0.1) is 0 Å². The molecule has 0 bridgehead atoms. The number of rotatable bonds is 12. The Balaban J connectivity index is 1.53.